The molecule has 0 N–H and O–H groups in total. The summed E-state index contributed by atoms with van der Waals surface area (Å²) in [4.78, 5) is 2.08. The molecule has 0 saturated heterocycles. The lowest BCUT2D eigenvalue weighted by Gasteiger charge is -2.17. The second-order valence-corrected chi connectivity index (χ2v) is 4.23. The average Bonchev–Trinajstić information content (AvgIpc) is 2.25. The Balaban J connectivity index is 2.88. The lowest BCUT2D eigenvalue weighted by Crippen LogP contribution is -2.21. The lowest BCUT2D eigenvalue weighted by molar-refractivity contribution is -0.138. The fraction of sp³-hybridized carbons (Fsp3) is 0.538. The minimum Gasteiger partial charge on any atom is -0.306 e. The van der Waals surface area contributed by atoms with Gasteiger partial charge in [0.25, 0.3) is 0 Å². The first-order valence-electron chi connectivity index (χ1n) is 5.70. The van der Waals surface area contributed by atoms with Gasteiger partial charge in [-0.15, -0.1) is 0 Å². The van der Waals surface area contributed by atoms with Crippen LogP contribution in [0.15, 0.2) is 18.2 Å². The Kier molecular flexibility index (Phi) is 4.57. The third-order valence-electron chi connectivity index (χ3n) is 3.05. The van der Waals surface area contributed by atoms with Crippen LogP contribution in [-0.4, -0.2) is 25.0 Å². The van der Waals surface area contributed by atoms with Crippen LogP contribution in [0.1, 0.15) is 23.6 Å². The smallest absolute Gasteiger partial charge is 0.306 e. The van der Waals surface area contributed by atoms with Crippen LogP contribution in [-0.2, 0) is 12.6 Å². The molecule has 17 heavy (non-hydrogen) atoms. The zero-order valence-electron chi connectivity index (χ0n) is 10.4. The summed E-state index contributed by atoms with van der Waals surface area (Å²) < 4.78 is 38.0. The van der Waals surface area contributed by atoms with Gasteiger partial charge >= 0.3 is 6.18 Å². The monoisotopic (exact) mass is 245 g/mol. The van der Waals surface area contributed by atoms with Gasteiger partial charge in [0.1, 0.15) is 0 Å². The minimum absolute atomic E-state index is 0.351. The van der Waals surface area contributed by atoms with Crippen molar-refractivity contribution in [1.29, 1.82) is 0 Å². The van der Waals surface area contributed by atoms with E-state index in [9.17, 15) is 13.2 Å². The van der Waals surface area contributed by atoms with Crippen molar-refractivity contribution in [2.45, 2.75) is 26.4 Å². The number of hydrogen-bond donors (Lipinski definition) is 0. The maximum Gasteiger partial charge on any atom is 0.416 e. The van der Waals surface area contributed by atoms with E-state index in [0.29, 0.717) is 12.0 Å². The zero-order chi connectivity index (χ0) is 13.1. The van der Waals surface area contributed by atoms with Crippen molar-refractivity contribution in [3.8, 4) is 0 Å². The third kappa shape index (κ3) is 3.73. The van der Waals surface area contributed by atoms with E-state index in [1.54, 1.807) is 13.0 Å². The van der Waals surface area contributed by atoms with Gasteiger partial charge in [-0.25, -0.2) is 0 Å². The number of benzene rings is 1. The van der Waals surface area contributed by atoms with Crippen molar-refractivity contribution in [2.24, 2.45) is 0 Å². The molecule has 0 fully saturated rings. The van der Waals surface area contributed by atoms with E-state index in [1.807, 2.05) is 14.0 Å². The van der Waals surface area contributed by atoms with Crippen molar-refractivity contribution in [2.75, 3.05) is 20.1 Å². The van der Waals surface area contributed by atoms with Crippen LogP contribution >= 0.6 is 0 Å². The Morgan fingerprint density at radius 1 is 1.24 bits per heavy atom. The molecule has 0 heterocycles. The Bertz CT molecular complexity index is 371. The molecule has 0 aliphatic rings. The van der Waals surface area contributed by atoms with E-state index < -0.39 is 11.7 Å². The van der Waals surface area contributed by atoms with Gasteiger partial charge in [0.2, 0.25) is 0 Å². The van der Waals surface area contributed by atoms with Crippen molar-refractivity contribution < 1.29 is 13.2 Å². The van der Waals surface area contributed by atoms with E-state index >= 15 is 0 Å². The Hall–Kier alpha value is -1.03. The molecule has 1 nitrogen and oxygen atoms in total. The highest BCUT2D eigenvalue weighted by Gasteiger charge is 2.32. The van der Waals surface area contributed by atoms with E-state index in [0.717, 1.165) is 24.7 Å². The molecule has 0 spiro atoms. The van der Waals surface area contributed by atoms with Gasteiger partial charge in [0.05, 0.1) is 5.56 Å². The molecule has 0 amide bonds. The molecule has 0 bridgehead atoms. The first kappa shape index (κ1) is 14.0. The molecular formula is C13H18F3N. The normalized spacial score (nSPS) is 12.2. The largest absolute Gasteiger partial charge is 0.416 e. The van der Waals surface area contributed by atoms with Crippen LogP contribution in [0.25, 0.3) is 0 Å². The molecule has 1 rings (SSSR count). The standard InChI is InChI=1S/C13H18F3N/c1-4-17(3)9-8-11-6-5-7-12(10(11)2)13(14,15)16/h5-7H,4,8-9H2,1-3H3. The molecule has 0 aromatic heterocycles. The highest BCUT2D eigenvalue weighted by atomic mass is 19.4. The van der Waals surface area contributed by atoms with Gasteiger partial charge in [-0.05, 0) is 44.1 Å². The molecule has 0 radical (unpaired) electrons. The summed E-state index contributed by atoms with van der Waals surface area (Å²) in [6.07, 6.45) is -3.60. The maximum absolute atomic E-state index is 12.7. The van der Waals surface area contributed by atoms with E-state index in [2.05, 4.69) is 4.90 Å². The number of rotatable bonds is 4. The maximum atomic E-state index is 12.7. The Morgan fingerprint density at radius 2 is 1.88 bits per heavy atom. The molecule has 0 atom stereocenters. The molecule has 0 aliphatic carbocycles. The number of nitrogens with zero attached hydrogens (tertiary/aromatic N) is 1. The molecule has 0 saturated carbocycles. The topological polar surface area (TPSA) is 3.24 Å². The molecule has 1 aromatic rings. The van der Waals surface area contributed by atoms with E-state index in [1.165, 1.54) is 6.07 Å². The van der Waals surface area contributed by atoms with Crippen molar-refractivity contribution in [3.05, 3.63) is 34.9 Å². The predicted molar refractivity (Wildman–Crippen MR) is 63.1 cm³/mol. The van der Waals surface area contributed by atoms with Crippen molar-refractivity contribution >= 4 is 0 Å². The highest BCUT2D eigenvalue weighted by Crippen LogP contribution is 2.32. The number of halogens is 3. The quantitative estimate of drug-likeness (QED) is 0.784. The number of likely N-dealkylation sites (N-methyl/N-ethyl adjacent to an activating group) is 1. The lowest BCUT2D eigenvalue weighted by atomic mass is 9.99. The molecule has 0 unspecified atom stereocenters. The molecular weight excluding hydrogens is 227 g/mol. The van der Waals surface area contributed by atoms with Crippen LogP contribution in [0.3, 0.4) is 0 Å². The SMILES string of the molecule is CCN(C)CCc1cccc(C(F)(F)F)c1C. The Morgan fingerprint density at radius 3 is 2.41 bits per heavy atom. The summed E-state index contributed by atoms with van der Waals surface area (Å²) in [7, 11) is 1.96. The van der Waals surface area contributed by atoms with Gasteiger partial charge < -0.3 is 4.90 Å². The van der Waals surface area contributed by atoms with Crippen LogP contribution in [0.2, 0.25) is 0 Å². The van der Waals surface area contributed by atoms with Crippen LogP contribution < -0.4 is 0 Å². The first-order valence-corrected chi connectivity index (χ1v) is 5.70. The first-order chi connectivity index (χ1) is 7.86. The summed E-state index contributed by atoms with van der Waals surface area (Å²) in [5.41, 5.74) is 0.610. The average molecular weight is 245 g/mol. The van der Waals surface area contributed by atoms with Crippen LogP contribution in [0.4, 0.5) is 13.2 Å². The summed E-state index contributed by atoms with van der Waals surface area (Å²) in [5, 5.41) is 0. The van der Waals surface area contributed by atoms with Crippen molar-refractivity contribution in [1.82, 2.24) is 4.90 Å². The van der Waals surface area contributed by atoms with Gasteiger partial charge in [0, 0.05) is 6.54 Å². The third-order valence-corrected chi connectivity index (χ3v) is 3.05. The molecule has 1 aromatic carbocycles. The highest BCUT2D eigenvalue weighted by molar-refractivity contribution is 5.36. The predicted octanol–water partition coefficient (Wildman–Crippen LogP) is 3.51. The summed E-state index contributed by atoms with van der Waals surface area (Å²) in [5.74, 6) is 0. The molecule has 96 valence electrons. The molecule has 0 aliphatic heterocycles. The summed E-state index contributed by atoms with van der Waals surface area (Å²) in [6, 6.07) is 4.40. The van der Waals surface area contributed by atoms with Gasteiger partial charge in [-0.3, -0.25) is 0 Å². The second-order valence-electron chi connectivity index (χ2n) is 4.23. The second kappa shape index (κ2) is 5.54. The zero-order valence-corrected chi connectivity index (χ0v) is 10.4. The molecule has 4 heteroatoms. The van der Waals surface area contributed by atoms with E-state index in [-0.39, 0.29) is 0 Å². The summed E-state index contributed by atoms with van der Waals surface area (Å²) in [6.45, 7) is 5.25. The number of hydrogen-bond acceptors (Lipinski definition) is 1. The Labute approximate surface area is 100 Å². The van der Waals surface area contributed by atoms with Gasteiger partial charge in [-0.1, -0.05) is 19.1 Å². The number of alkyl halides is 3. The van der Waals surface area contributed by atoms with Crippen LogP contribution in [0.5, 0.6) is 0 Å². The van der Waals surface area contributed by atoms with Crippen molar-refractivity contribution in [3.63, 3.8) is 0 Å². The summed E-state index contributed by atoms with van der Waals surface area (Å²) >= 11 is 0. The van der Waals surface area contributed by atoms with E-state index in [4.69, 9.17) is 0 Å². The minimum atomic E-state index is -4.25. The van der Waals surface area contributed by atoms with Gasteiger partial charge in [0.15, 0.2) is 0 Å². The van der Waals surface area contributed by atoms with Gasteiger partial charge in [-0.2, -0.15) is 13.2 Å². The van der Waals surface area contributed by atoms with Crippen LogP contribution in [0, 0.1) is 6.92 Å². The fourth-order valence-electron chi connectivity index (χ4n) is 1.73. The fourth-order valence-corrected chi connectivity index (χ4v) is 1.73.